The van der Waals surface area contributed by atoms with Crippen LogP contribution < -0.4 is 42.6 Å². The molecule has 2 saturated carbocycles. The molecule has 6 aliphatic heterocycles. The number of aliphatic carboxylic acids is 1. The van der Waals surface area contributed by atoms with E-state index in [9.17, 15) is 47.9 Å². The molecule has 10 N–H and O–H groups in total. The molecule has 4 aromatic heterocycles. The molecule has 33 nitrogen and oxygen atoms in total. The molecule has 33 heteroatoms. The number of ether oxygens (including phenoxy) is 4. The van der Waals surface area contributed by atoms with Crippen molar-refractivity contribution in [3.05, 3.63) is 204 Å². The first kappa shape index (κ1) is 89.4. The lowest BCUT2D eigenvalue weighted by molar-refractivity contribution is -0.137. The van der Waals surface area contributed by atoms with Gasteiger partial charge < -0.3 is 55.7 Å². The third kappa shape index (κ3) is 20.7. The summed E-state index contributed by atoms with van der Waals surface area (Å²) < 4.78 is 28.1. The maximum absolute atomic E-state index is 13.4. The zero-order chi connectivity index (χ0) is 89.6. The third-order valence-electron chi connectivity index (χ3n) is 25.8. The Morgan fingerprint density at radius 1 is 0.434 bits per heavy atom. The van der Waals surface area contributed by atoms with Gasteiger partial charge in [0, 0.05) is 152 Å². The molecule has 6 aromatic carbocycles. The van der Waals surface area contributed by atoms with Gasteiger partial charge in [0.05, 0.1) is 59.5 Å². The van der Waals surface area contributed by atoms with E-state index in [0.717, 1.165) is 188 Å². The zero-order valence-corrected chi connectivity index (χ0v) is 72.0. The fourth-order valence-corrected chi connectivity index (χ4v) is 19.1. The van der Waals surface area contributed by atoms with Gasteiger partial charge in [-0.25, -0.2) is 19.9 Å². The van der Waals surface area contributed by atoms with Crippen molar-refractivity contribution in [1.82, 2.24) is 74.4 Å². The number of carboxylic acid groups (broad SMARTS) is 1. The topological polar surface area (TPSA) is 423 Å². The van der Waals surface area contributed by atoms with Crippen LogP contribution in [0.2, 0.25) is 0 Å². The van der Waals surface area contributed by atoms with E-state index >= 15 is 0 Å². The van der Waals surface area contributed by atoms with Gasteiger partial charge in [-0.1, -0.05) is 84.9 Å². The number of rotatable bonds is 29. The molecule has 18 rings (SSSR count). The monoisotopic (exact) mass is 1750 g/mol. The van der Waals surface area contributed by atoms with E-state index in [1.54, 1.807) is 43.0 Å². The standard InChI is InChI=1S/C48H53N9O7.C32H41N7O2.C16H14N2O6/c49-44-43-38(31-9-16-36(17-10-31)64-35-6-2-1-3-7-35)29-56(45(43)52-30-51-44)34-14-12-33(13-15-34)55-24-22-54(23-25-55)26-28-63-27-21-50-40(58)19-11-32-5-4-8-37-42(32)48(62)57(47(37)61)39-18-20-41(59)53-46(39)60;33-14-20-40-21-19-37-15-17-38(18-16-37)25-8-10-26(11-9-25)39-22-29(30-31(34)35-23-36-32(30)39)24-6-12-28(13-7-24)41-27-4-2-1-3-5-27;19-11-6-5-10(14(22)17-11)18-15(23)9-3-1-2-8(4-7-12(20)21)13(9)16(18)24/h1-10,16-17,29-30,33-34,39H,11-15,18-28H2,(H,50,58)(H2,49,51,52)(H,53,59,60);1-7,12-13,22-23,25-26H,8-11,14-21,33H2,(H2,34,35,36);1-3,10H,4-7H2,(H,20,21)(H,17,19,22). The van der Waals surface area contributed by atoms with E-state index in [1.165, 1.54) is 18.9 Å². The molecule has 6 fully saturated rings. The molecule has 2 unspecified atom stereocenters. The molecule has 0 radical (unpaired) electrons. The molecule has 0 spiro atoms. The van der Waals surface area contributed by atoms with Gasteiger partial charge in [-0.05, 0) is 160 Å². The number of imide groups is 4. The van der Waals surface area contributed by atoms with E-state index in [1.807, 2.05) is 84.9 Å². The number of aryl methyl sites for hydroxylation is 2. The van der Waals surface area contributed by atoms with Crippen LogP contribution in [0.3, 0.4) is 0 Å². The van der Waals surface area contributed by atoms with Crippen molar-refractivity contribution in [3.63, 3.8) is 0 Å². The SMILES string of the molecule is NCCOCCN1CCN(C2CCC(n3cc(-c4ccc(Oc5ccccc5)cc4)c4c(N)ncnc43)CC2)CC1.Nc1ncnc2c1c(-c1ccc(Oc3ccccc3)cc1)cn2C1CCC(N2CCN(CCOCCNC(=O)CCc3cccc4c3C(=O)N(C3CCC(=O)NC3=O)C4=O)CC2)CC1.O=C(O)CCc1cccc2c1C(=O)N(C1CCC(=O)NC1=O)C2=O. The van der Waals surface area contributed by atoms with Gasteiger partial charge in [0.25, 0.3) is 23.6 Å². The number of carbonyl (C=O) groups is 10. The summed E-state index contributed by atoms with van der Waals surface area (Å²) in [6.45, 7) is 13.7. The van der Waals surface area contributed by atoms with Crippen molar-refractivity contribution in [2.24, 2.45) is 5.73 Å². The summed E-state index contributed by atoms with van der Waals surface area (Å²) in [5.41, 5.74) is 26.2. The molecule has 8 aliphatic rings. The zero-order valence-electron chi connectivity index (χ0n) is 72.0. The Morgan fingerprint density at radius 2 is 0.837 bits per heavy atom. The maximum atomic E-state index is 13.4. The number of carbonyl (C=O) groups excluding carboxylic acids is 9. The lowest BCUT2D eigenvalue weighted by Gasteiger charge is -2.42. The van der Waals surface area contributed by atoms with Gasteiger partial charge in [-0.15, -0.1) is 0 Å². The number of piperidine rings is 2. The van der Waals surface area contributed by atoms with E-state index in [2.05, 4.69) is 91.3 Å². The summed E-state index contributed by atoms with van der Waals surface area (Å²) in [6.07, 6.45) is 17.2. The van der Waals surface area contributed by atoms with Gasteiger partial charge in [-0.3, -0.25) is 88.0 Å². The smallest absolute Gasteiger partial charge is 0.303 e. The minimum atomic E-state index is -1.04. The van der Waals surface area contributed by atoms with Crippen LogP contribution in [0.25, 0.3) is 44.3 Å². The first-order valence-corrected chi connectivity index (χ1v) is 44.6. The van der Waals surface area contributed by atoms with Crippen LogP contribution in [0.4, 0.5) is 11.6 Å². The lowest BCUT2D eigenvalue weighted by Crippen LogP contribution is -2.54. The second-order valence-corrected chi connectivity index (χ2v) is 33.7. The number of anilines is 2. The van der Waals surface area contributed by atoms with Crippen LogP contribution in [0.15, 0.2) is 171 Å². The van der Waals surface area contributed by atoms with Crippen LogP contribution in [0.1, 0.15) is 155 Å². The number of nitrogens with zero attached hydrogens (tertiary/aromatic N) is 12. The van der Waals surface area contributed by atoms with Crippen LogP contribution >= 0.6 is 0 Å². The minimum absolute atomic E-state index is 0.0509. The van der Waals surface area contributed by atoms with Gasteiger partial charge in [0.15, 0.2) is 0 Å². The van der Waals surface area contributed by atoms with Crippen molar-refractivity contribution >= 4 is 92.8 Å². The number of piperazine rings is 2. The highest BCUT2D eigenvalue weighted by molar-refractivity contribution is 6.25. The first-order chi connectivity index (χ1) is 62.8. The molecule has 4 saturated heterocycles. The molecule has 2 aliphatic carbocycles. The highest BCUT2D eigenvalue weighted by Gasteiger charge is 2.48. The largest absolute Gasteiger partial charge is 0.481 e. The van der Waals surface area contributed by atoms with E-state index in [4.69, 9.17) is 51.2 Å². The van der Waals surface area contributed by atoms with Crippen LogP contribution in [-0.4, -0.2) is 252 Å². The van der Waals surface area contributed by atoms with Crippen LogP contribution in [0, 0.1) is 0 Å². The van der Waals surface area contributed by atoms with Crippen molar-refractivity contribution in [1.29, 1.82) is 0 Å². The number of hydrogen-bond acceptors (Lipinski definition) is 25. The number of nitrogens with one attached hydrogen (secondary N) is 3. The highest BCUT2D eigenvalue weighted by Crippen LogP contribution is 2.43. The number of benzene rings is 6. The Labute approximate surface area is 745 Å². The molecular formula is C96H108N18O15. The van der Waals surface area contributed by atoms with E-state index in [0.29, 0.717) is 79.8 Å². The molecule has 10 heterocycles. The van der Waals surface area contributed by atoms with Crippen molar-refractivity contribution in [3.8, 4) is 45.3 Å². The predicted molar refractivity (Wildman–Crippen MR) is 481 cm³/mol. The molecular weight excluding hydrogens is 1650 g/mol. The van der Waals surface area contributed by atoms with Gasteiger partial charge in [0.1, 0.15) is 70.7 Å². The molecule has 10 aromatic rings. The summed E-state index contributed by atoms with van der Waals surface area (Å²) in [5, 5.41) is 17.8. The highest BCUT2D eigenvalue weighted by atomic mass is 16.5. The number of carboxylic acids is 1. The minimum Gasteiger partial charge on any atom is -0.481 e. The number of amides is 9. The quantitative estimate of drug-likeness (QED) is 0.0169. The van der Waals surface area contributed by atoms with Crippen molar-refractivity contribution in [2.75, 3.05) is 116 Å². The second kappa shape index (κ2) is 41.4. The Balaban J connectivity index is 0.000000159. The van der Waals surface area contributed by atoms with E-state index in [-0.39, 0.29) is 79.5 Å². The van der Waals surface area contributed by atoms with Crippen LogP contribution in [-0.2, 0) is 51.1 Å². The second-order valence-electron chi connectivity index (χ2n) is 33.7. The summed E-state index contributed by atoms with van der Waals surface area (Å²) in [4.78, 5) is 153. The number of nitrogens with two attached hydrogens (primary N) is 3. The van der Waals surface area contributed by atoms with Crippen molar-refractivity contribution < 1.29 is 72.0 Å². The molecule has 9 amide bonds. The Hall–Kier alpha value is -13.0. The third-order valence-corrected chi connectivity index (χ3v) is 25.8. The molecule has 2 atom stereocenters. The Morgan fingerprint density at radius 3 is 1.25 bits per heavy atom. The normalized spacial score (nSPS) is 20.5. The number of nitrogen functional groups attached to an aromatic ring is 2. The van der Waals surface area contributed by atoms with Crippen LogP contribution in [0.5, 0.6) is 23.0 Å². The summed E-state index contributed by atoms with van der Waals surface area (Å²) in [5.74, 6) is -1.56. The fourth-order valence-electron chi connectivity index (χ4n) is 19.1. The molecule has 129 heavy (non-hydrogen) atoms. The fraction of sp³-hybridized carbons (Fsp3) is 0.396. The van der Waals surface area contributed by atoms with Gasteiger partial charge >= 0.3 is 5.97 Å². The average molecular weight is 1750 g/mol. The number of para-hydroxylation sites is 2. The first-order valence-electron chi connectivity index (χ1n) is 44.6. The Bertz CT molecular complexity index is 5740. The number of hydrogen-bond donors (Lipinski definition) is 7. The summed E-state index contributed by atoms with van der Waals surface area (Å²) in [7, 11) is 0. The molecule has 0 bridgehead atoms. The number of fused-ring (bicyclic) bond motifs is 4. The summed E-state index contributed by atoms with van der Waals surface area (Å²) >= 11 is 0. The van der Waals surface area contributed by atoms with E-state index < -0.39 is 65.3 Å². The predicted octanol–water partition coefficient (Wildman–Crippen LogP) is 9.40. The molecule has 672 valence electrons. The lowest BCUT2D eigenvalue weighted by atomic mass is 9.89. The average Bonchev–Trinajstić information content (AvgIpc) is 1.62. The summed E-state index contributed by atoms with van der Waals surface area (Å²) in [6, 6.07) is 45.3. The van der Waals surface area contributed by atoms with Gasteiger partial charge in [-0.2, -0.15) is 0 Å². The van der Waals surface area contributed by atoms with Gasteiger partial charge in [0.2, 0.25) is 29.5 Å². The number of aromatic nitrogens is 6. The van der Waals surface area contributed by atoms with Crippen molar-refractivity contribution in [2.45, 2.75) is 139 Å². The Kier molecular flexibility index (Phi) is 28.7. The maximum Gasteiger partial charge on any atom is 0.303 e.